The van der Waals surface area contributed by atoms with Crippen LogP contribution in [0, 0.1) is 0 Å². The van der Waals surface area contributed by atoms with Gasteiger partial charge in [0, 0.05) is 0 Å². The van der Waals surface area contributed by atoms with Crippen LogP contribution in [0.25, 0.3) is 0 Å². The van der Waals surface area contributed by atoms with Crippen LogP contribution in [0.2, 0.25) is 0 Å². The molecular formula is C15H16Te. The van der Waals surface area contributed by atoms with Crippen molar-refractivity contribution in [2.75, 3.05) is 0 Å². The van der Waals surface area contributed by atoms with Crippen molar-refractivity contribution in [1.82, 2.24) is 0 Å². The van der Waals surface area contributed by atoms with Gasteiger partial charge in [-0.3, -0.25) is 0 Å². The molecule has 0 bridgehead atoms. The first-order valence-electron chi connectivity index (χ1n) is 5.61. The van der Waals surface area contributed by atoms with Crippen LogP contribution >= 0.6 is 0 Å². The topological polar surface area (TPSA) is 0 Å². The number of aryl methyl sites for hydroxylation is 2. The van der Waals surface area contributed by atoms with Gasteiger partial charge in [-0.25, -0.2) is 0 Å². The number of benzene rings is 2. The Hall–Kier alpha value is -0.770. The molecule has 2 rings (SSSR count). The zero-order chi connectivity index (χ0) is 11.2. The van der Waals surface area contributed by atoms with E-state index in [2.05, 4.69) is 54.6 Å². The summed E-state index contributed by atoms with van der Waals surface area (Å²) in [5.41, 5.74) is 4.30. The first-order chi connectivity index (χ1) is 7.88. The van der Waals surface area contributed by atoms with Crippen molar-refractivity contribution in [3.05, 3.63) is 71.3 Å². The molecule has 0 radical (unpaired) electrons. The van der Waals surface area contributed by atoms with Crippen LogP contribution in [0.15, 0.2) is 54.6 Å². The predicted octanol–water partition coefficient (Wildman–Crippen LogP) is 2.87. The molecule has 0 unspecified atom stereocenters. The first-order valence-corrected chi connectivity index (χ1v) is 7.41. The Bertz CT molecular complexity index is 417. The Balaban J connectivity index is 1.94. The second-order valence-electron chi connectivity index (χ2n) is 3.96. The molecule has 0 aliphatic rings. The average Bonchev–Trinajstić information content (AvgIpc) is 2.38. The van der Waals surface area contributed by atoms with Crippen molar-refractivity contribution < 1.29 is 0 Å². The van der Waals surface area contributed by atoms with Crippen LogP contribution in [0.5, 0.6) is 0 Å². The minimum absolute atomic E-state index is 1.13. The van der Waals surface area contributed by atoms with Crippen LogP contribution in [0.3, 0.4) is 0 Å². The van der Waals surface area contributed by atoms with Crippen LogP contribution < -0.4 is 0 Å². The van der Waals surface area contributed by atoms with E-state index in [9.17, 15) is 0 Å². The van der Waals surface area contributed by atoms with E-state index in [0.29, 0.717) is 0 Å². The summed E-state index contributed by atoms with van der Waals surface area (Å²) in [6.45, 7) is 0. The van der Waals surface area contributed by atoms with Crippen LogP contribution in [0.4, 0.5) is 0 Å². The van der Waals surface area contributed by atoms with Crippen molar-refractivity contribution in [1.29, 1.82) is 0 Å². The Morgan fingerprint density at radius 3 is 1.69 bits per heavy atom. The average molecular weight is 324 g/mol. The van der Waals surface area contributed by atoms with Gasteiger partial charge in [0.15, 0.2) is 0 Å². The Morgan fingerprint density at radius 2 is 1.12 bits per heavy atom. The summed E-state index contributed by atoms with van der Waals surface area (Å²) in [5.74, 6) is 0. The first kappa shape index (κ1) is 11.7. The summed E-state index contributed by atoms with van der Waals surface area (Å²) in [5, 5.41) is 0. The van der Waals surface area contributed by atoms with Crippen molar-refractivity contribution in [2.45, 2.75) is 17.3 Å². The summed E-state index contributed by atoms with van der Waals surface area (Å²) in [6, 6.07) is 19.7. The molecule has 0 N–H and O–H groups in total. The molecule has 0 spiro atoms. The normalized spacial score (nSPS) is 10.3. The predicted molar refractivity (Wildman–Crippen MR) is 71.1 cm³/mol. The van der Waals surface area contributed by atoms with Crippen LogP contribution in [-0.2, 0) is 17.3 Å². The van der Waals surface area contributed by atoms with Gasteiger partial charge in [-0.1, -0.05) is 0 Å². The van der Waals surface area contributed by atoms with Gasteiger partial charge >= 0.3 is 111 Å². The molecule has 2 aromatic rings. The Morgan fingerprint density at radius 1 is 0.625 bits per heavy atom. The molecule has 2 aromatic carbocycles. The summed E-state index contributed by atoms with van der Waals surface area (Å²) in [4.78, 5) is 0. The van der Waals surface area contributed by atoms with Gasteiger partial charge in [-0.2, -0.15) is 0 Å². The fourth-order valence-electron chi connectivity index (χ4n) is 1.74. The third-order valence-electron chi connectivity index (χ3n) is 2.75. The number of hydrogen-bond acceptors (Lipinski definition) is 0. The van der Waals surface area contributed by atoms with Gasteiger partial charge in [-0.05, 0) is 0 Å². The molecule has 0 atom stereocenters. The molecule has 16 heavy (non-hydrogen) atoms. The molecule has 0 aliphatic heterocycles. The maximum absolute atomic E-state index is 2.26. The summed E-state index contributed by atoms with van der Waals surface area (Å²) in [7, 11) is 0. The van der Waals surface area contributed by atoms with E-state index in [1.165, 1.54) is 21.2 Å². The van der Waals surface area contributed by atoms with Crippen molar-refractivity contribution in [3.63, 3.8) is 0 Å². The summed E-state index contributed by atoms with van der Waals surface area (Å²) in [6.07, 6.45) is 2.27. The quantitative estimate of drug-likeness (QED) is 0.759. The van der Waals surface area contributed by atoms with Gasteiger partial charge in [0.05, 0.1) is 0 Å². The molecule has 0 aromatic heterocycles. The van der Waals surface area contributed by atoms with E-state index in [-0.39, 0.29) is 0 Å². The molecule has 0 saturated carbocycles. The standard InChI is InChI=1S/C15H16Te/c16-12-15-10-8-14(9-11-15)7-6-13-4-2-1-3-5-13/h1-5,8-11,16H,6-7,12H2. The van der Waals surface area contributed by atoms with Crippen LogP contribution in [-0.4, -0.2) is 22.3 Å². The molecular weight excluding hydrogens is 308 g/mol. The molecule has 0 nitrogen and oxygen atoms in total. The minimum atomic E-state index is 1.13. The van der Waals surface area contributed by atoms with Crippen molar-refractivity contribution in [3.8, 4) is 0 Å². The number of rotatable bonds is 4. The van der Waals surface area contributed by atoms with Gasteiger partial charge < -0.3 is 0 Å². The molecule has 0 fully saturated rings. The Labute approximate surface area is 111 Å². The van der Waals surface area contributed by atoms with E-state index in [0.717, 1.165) is 12.8 Å². The summed E-state index contributed by atoms with van der Waals surface area (Å²) >= 11 is 1.86. The number of hydrogen-bond donors (Lipinski definition) is 0. The third kappa shape index (κ3) is 3.37. The Kier molecular flexibility index (Phi) is 4.45. The fourth-order valence-corrected chi connectivity index (χ4v) is 2.35. The molecule has 0 saturated heterocycles. The van der Waals surface area contributed by atoms with E-state index >= 15 is 0 Å². The molecule has 0 heterocycles. The zero-order valence-corrected chi connectivity index (χ0v) is 11.8. The fraction of sp³-hybridized carbons (Fsp3) is 0.200. The maximum atomic E-state index is 2.26. The molecule has 1 heteroatoms. The van der Waals surface area contributed by atoms with Gasteiger partial charge in [0.2, 0.25) is 0 Å². The molecule has 0 aliphatic carbocycles. The monoisotopic (exact) mass is 326 g/mol. The second kappa shape index (κ2) is 6.09. The van der Waals surface area contributed by atoms with Crippen molar-refractivity contribution >= 4 is 22.3 Å². The zero-order valence-electron chi connectivity index (χ0n) is 9.26. The van der Waals surface area contributed by atoms with Crippen molar-refractivity contribution in [2.24, 2.45) is 0 Å². The van der Waals surface area contributed by atoms with Gasteiger partial charge in [0.1, 0.15) is 0 Å². The van der Waals surface area contributed by atoms with Gasteiger partial charge in [0.25, 0.3) is 0 Å². The molecule has 0 amide bonds. The van der Waals surface area contributed by atoms with Crippen LogP contribution in [0.1, 0.15) is 16.7 Å². The summed E-state index contributed by atoms with van der Waals surface area (Å²) < 4.78 is 1.17. The van der Waals surface area contributed by atoms with E-state index in [1.807, 2.05) is 22.3 Å². The molecule has 82 valence electrons. The van der Waals surface area contributed by atoms with Gasteiger partial charge in [-0.15, -0.1) is 0 Å². The van der Waals surface area contributed by atoms with E-state index in [1.54, 1.807) is 0 Å². The SMILES string of the molecule is [TeH]Cc1ccc(CCc2ccccc2)cc1. The van der Waals surface area contributed by atoms with E-state index in [4.69, 9.17) is 0 Å². The second-order valence-corrected chi connectivity index (χ2v) is 4.86. The van der Waals surface area contributed by atoms with E-state index < -0.39 is 0 Å². The third-order valence-corrected chi connectivity index (χ3v) is 3.79.